The molecule has 0 aromatic heterocycles. The van der Waals surface area contributed by atoms with Gasteiger partial charge in [0.05, 0.1) is 10.1 Å². The highest BCUT2D eigenvalue weighted by atomic mass is 32.2. The van der Waals surface area contributed by atoms with Crippen LogP contribution >= 0.6 is 0 Å². The minimum absolute atomic E-state index is 0.282. The lowest BCUT2D eigenvalue weighted by atomic mass is 10.1. The molecule has 1 heterocycles. The van der Waals surface area contributed by atoms with Gasteiger partial charge in [0.25, 0.3) is 5.91 Å². The molecule has 0 bridgehead atoms. The topological polar surface area (TPSA) is 81.7 Å². The molecule has 0 unspecified atom stereocenters. The van der Waals surface area contributed by atoms with Crippen LogP contribution in [-0.2, 0) is 9.84 Å². The highest BCUT2D eigenvalue weighted by Crippen LogP contribution is 2.32. The molecule has 7 heteroatoms. The van der Waals surface area contributed by atoms with Crippen LogP contribution in [0.3, 0.4) is 0 Å². The first-order chi connectivity index (χ1) is 13.0. The lowest BCUT2D eigenvalue weighted by Gasteiger charge is -2.18. The van der Waals surface area contributed by atoms with E-state index in [1.165, 1.54) is 0 Å². The van der Waals surface area contributed by atoms with Gasteiger partial charge in [0.15, 0.2) is 21.3 Å². The number of carbonyl (C=O) groups excluding carboxylic acids is 1. The predicted molar refractivity (Wildman–Crippen MR) is 101 cm³/mol. The number of ether oxygens (including phenoxy) is 2. The number of benzene rings is 2. The maximum absolute atomic E-state index is 12.6. The van der Waals surface area contributed by atoms with Crippen LogP contribution in [0.1, 0.15) is 36.0 Å². The Bertz CT molecular complexity index is 947. The van der Waals surface area contributed by atoms with Gasteiger partial charge in [0.2, 0.25) is 0 Å². The third kappa shape index (κ3) is 3.64. The van der Waals surface area contributed by atoms with E-state index in [4.69, 9.17) is 9.47 Å². The van der Waals surface area contributed by atoms with Crippen LogP contribution in [0.4, 0.5) is 5.69 Å². The van der Waals surface area contributed by atoms with Crippen molar-refractivity contribution in [3.05, 3.63) is 48.0 Å². The van der Waals surface area contributed by atoms with Crippen molar-refractivity contribution >= 4 is 21.4 Å². The molecule has 2 aliphatic rings. The smallest absolute Gasteiger partial charge is 0.255 e. The SMILES string of the molecule is O=C(Nc1ccc(S(=O)(=O)C2CCCC2)cc1)c1ccc2c(c1)OCCO2. The van der Waals surface area contributed by atoms with Gasteiger partial charge in [-0.25, -0.2) is 8.42 Å². The second-order valence-corrected chi connectivity index (χ2v) is 9.02. The Balaban J connectivity index is 1.47. The van der Waals surface area contributed by atoms with Crippen molar-refractivity contribution in [1.82, 2.24) is 0 Å². The zero-order valence-corrected chi connectivity index (χ0v) is 15.6. The van der Waals surface area contributed by atoms with E-state index in [0.29, 0.717) is 40.9 Å². The molecule has 0 saturated heterocycles. The molecule has 0 radical (unpaired) electrons. The van der Waals surface area contributed by atoms with Crippen LogP contribution in [0.2, 0.25) is 0 Å². The number of fused-ring (bicyclic) bond motifs is 1. The molecule has 1 N–H and O–H groups in total. The third-order valence-corrected chi connectivity index (χ3v) is 7.26. The van der Waals surface area contributed by atoms with Crippen LogP contribution in [0.25, 0.3) is 0 Å². The van der Waals surface area contributed by atoms with Gasteiger partial charge in [-0.15, -0.1) is 0 Å². The normalized spacial score (nSPS) is 16.9. The van der Waals surface area contributed by atoms with Crippen molar-refractivity contribution < 1.29 is 22.7 Å². The van der Waals surface area contributed by atoms with E-state index in [1.54, 1.807) is 42.5 Å². The van der Waals surface area contributed by atoms with Gasteiger partial charge in [-0.1, -0.05) is 12.8 Å². The maximum Gasteiger partial charge on any atom is 0.255 e. The van der Waals surface area contributed by atoms with Gasteiger partial charge in [0, 0.05) is 11.3 Å². The maximum atomic E-state index is 12.6. The lowest BCUT2D eigenvalue weighted by molar-refractivity contribution is 0.102. The Morgan fingerprint density at radius 1 is 0.926 bits per heavy atom. The average molecular weight is 387 g/mol. The number of amides is 1. The molecule has 2 aromatic rings. The molecule has 1 amide bonds. The quantitative estimate of drug-likeness (QED) is 0.869. The molecule has 142 valence electrons. The summed E-state index contributed by atoms with van der Waals surface area (Å²) in [5.74, 6) is 0.879. The number of hydrogen-bond donors (Lipinski definition) is 1. The zero-order chi connectivity index (χ0) is 18.9. The molecule has 0 spiro atoms. The standard InChI is InChI=1S/C20H21NO5S/c22-20(14-5-10-18-19(13-14)26-12-11-25-18)21-15-6-8-17(9-7-15)27(23,24)16-3-1-2-4-16/h5-10,13,16H,1-4,11-12H2,(H,21,22). The first-order valence-corrected chi connectivity index (χ1v) is 10.6. The van der Waals surface area contributed by atoms with E-state index in [-0.39, 0.29) is 11.2 Å². The van der Waals surface area contributed by atoms with Gasteiger partial charge in [-0.2, -0.15) is 0 Å². The first kappa shape index (κ1) is 17.9. The molecule has 1 aliphatic carbocycles. The second kappa shape index (κ2) is 7.23. The van der Waals surface area contributed by atoms with Crippen molar-refractivity contribution in [3.8, 4) is 11.5 Å². The molecular weight excluding hydrogens is 366 g/mol. The van der Waals surface area contributed by atoms with E-state index < -0.39 is 9.84 Å². The van der Waals surface area contributed by atoms with Crippen molar-refractivity contribution in [2.75, 3.05) is 18.5 Å². The molecule has 27 heavy (non-hydrogen) atoms. The predicted octanol–water partition coefficient (Wildman–Crippen LogP) is 3.43. The summed E-state index contributed by atoms with van der Waals surface area (Å²) in [6.07, 6.45) is 3.39. The molecule has 4 rings (SSSR count). The van der Waals surface area contributed by atoms with Crippen molar-refractivity contribution in [2.45, 2.75) is 35.8 Å². The molecule has 6 nitrogen and oxygen atoms in total. The average Bonchev–Trinajstić information content (AvgIpc) is 3.24. The van der Waals surface area contributed by atoms with Crippen molar-refractivity contribution in [3.63, 3.8) is 0 Å². The van der Waals surface area contributed by atoms with Gasteiger partial charge >= 0.3 is 0 Å². The van der Waals surface area contributed by atoms with Gasteiger partial charge in [0.1, 0.15) is 13.2 Å². The lowest BCUT2D eigenvalue weighted by Crippen LogP contribution is -2.18. The van der Waals surface area contributed by atoms with Gasteiger partial charge in [-0.05, 0) is 55.3 Å². The zero-order valence-electron chi connectivity index (χ0n) is 14.8. The Morgan fingerprint density at radius 3 is 2.30 bits per heavy atom. The van der Waals surface area contributed by atoms with Crippen LogP contribution in [0.15, 0.2) is 47.4 Å². The highest BCUT2D eigenvalue weighted by molar-refractivity contribution is 7.92. The van der Waals surface area contributed by atoms with Gasteiger partial charge in [-0.3, -0.25) is 4.79 Å². The highest BCUT2D eigenvalue weighted by Gasteiger charge is 2.30. The van der Waals surface area contributed by atoms with Crippen LogP contribution in [0.5, 0.6) is 11.5 Å². The van der Waals surface area contributed by atoms with Gasteiger partial charge < -0.3 is 14.8 Å². The Morgan fingerprint density at radius 2 is 1.59 bits per heavy atom. The van der Waals surface area contributed by atoms with E-state index in [1.807, 2.05) is 0 Å². The largest absolute Gasteiger partial charge is 0.486 e. The number of hydrogen-bond acceptors (Lipinski definition) is 5. The minimum atomic E-state index is -3.29. The number of carbonyl (C=O) groups is 1. The molecule has 1 aliphatic heterocycles. The van der Waals surface area contributed by atoms with E-state index >= 15 is 0 Å². The van der Waals surface area contributed by atoms with E-state index in [9.17, 15) is 13.2 Å². The van der Waals surface area contributed by atoms with Crippen LogP contribution < -0.4 is 14.8 Å². The Labute approximate surface area is 158 Å². The molecule has 1 saturated carbocycles. The first-order valence-electron chi connectivity index (χ1n) is 9.09. The van der Waals surface area contributed by atoms with Crippen LogP contribution in [0, 0.1) is 0 Å². The Hall–Kier alpha value is -2.54. The summed E-state index contributed by atoms with van der Waals surface area (Å²) in [6.45, 7) is 0.948. The minimum Gasteiger partial charge on any atom is -0.486 e. The van der Waals surface area contributed by atoms with Crippen molar-refractivity contribution in [2.24, 2.45) is 0 Å². The summed E-state index contributed by atoms with van der Waals surface area (Å²) in [6, 6.07) is 11.4. The summed E-state index contributed by atoms with van der Waals surface area (Å²) in [7, 11) is -3.29. The monoisotopic (exact) mass is 387 g/mol. The summed E-state index contributed by atoms with van der Waals surface area (Å²) in [5.41, 5.74) is 0.988. The summed E-state index contributed by atoms with van der Waals surface area (Å²) < 4.78 is 36.2. The molecular formula is C20H21NO5S. The molecule has 0 atom stereocenters. The number of anilines is 1. The fourth-order valence-electron chi connectivity index (χ4n) is 3.51. The van der Waals surface area contributed by atoms with Crippen molar-refractivity contribution in [1.29, 1.82) is 0 Å². The second-order valence-electron chi connectivity index (χ2n) is 6.79. The summed E-state index contributed by atoms with van der Waals surface area (Å²) in [4.78, 5) is 12.8. The number of sulfone groups is 1. The number of nitrogens with one attached hydrogen (secondary N) is 1. The van der Waals surface area contributed by atoms with E-state index in [2.05, 4.69) is 5.32 Å². The Kier molecular flexibility index (Phi) is 4.78. The number of rotatable bonds is 4. The van der Waals surface area contributed by atoms with E-state index in [0.717, 1.165) is 25.7 Å². The fourth-order valence-corrected chi connectivity index (χ4v) is 5.36. The summed E-state index contributed by atoms with van der Waals surface area (Å²) >= 11 is 0. The fraction of sp³-hybridized carbons (Fsp3) is 0.350. The van der Waals surface area contributed by atoms with Crippen LogP contribution in [-0.4, -0.2) is 32.8 Å². The summed E-state index contributed by atoms with van der Waals surface area (Å²) in [5, 5.41) is 2.50. The molecule has 1 fully saturated rings. The third-order valence-electron chi connectivity index (χ3n) is 4.99. The molecule has 2 aromatic carbocycles.